The summed E-state index contributed by atoms with van der Waals surface area (Å²) in [7, 11) is 1.58. The zero-order valence-corrected chi connectivity index (χ0v) is 14.7. The molecule has 1 aromatic rings. The van der Waals surface area contributed by atoms with Crippen molar-refractivity contribution < 1.29 is 14.3 Å². The Morgan fingerprint density at radius 3 is 2.92 bits per heavy atom. The van der Waals surface area contributed by atoms with Crippen LogP contribution in [0, 0.1) is 24.2 Å². The number of likely N-dealkylation sites (tertiary alicyclic amines) is 1. The van der Waals surface area contributed by atoms with Gasteiger partial charge in [-0.05, 0) is 43.5 Å². The van der Waals surface area contributed by atoms with Gasteiger partial charge < -0.3 is 20.3 Å². The second-order valence-corrected chi connectivity index (χ2v) is 6.12. The average molecular weight is 344 g/mol. The molecule has 0 unspecified atom stereocenters. The van der Waals surface area contributed by atoms with Gasteiger partial charge in [0.25, 0.3) is 5.91 Å². The van der Waals surface area contributed by atoms with E-state index in [0.717, 1.165) is 18.4 Å². The van der Waals surface area contributed by atoms with Crippen molar-refractivity contribution in [3.05, 3.63) is 29.3 Å². The number of amides is 3. The summed E-state index contributed by atoms with van der Waals surface area (Å²) in [6.07, 6.45) is 1.68. The number of urea groups is 1. The summed E-state index contributed by atoms with van der Waals surface area (Å²) in [5.74, 6) is -0.273. The van der Waals surface area contributed by atoms with Crippen LogP contribution in [-0.2, 0) is 4.74 Å². The van der Waals surface area contributed by atoms with E-state index in [4.69, 9.17) is 10.00 Å². The standard InChI is InChI=1S/C18H24N4O3/c1-13-10-15(17(23)20-7-9-25-2)5-6-16(13)21-18(24)22-8-3-4-14(11-19)12-22/h5-6,10,14H,3-4,7-9,12H2,1-2H3,(H,20,23)(H,21,24)/t14-/m1/s1. The Hall–Kier alpha value is -2.59. The third-order valence-corrected chi connectivity index (χ3v) is 4.21. The number of piperidine rings is 1. The maximum atomic E-state index is 12.4. The molecule has 1 aromatic carbocycles. The molecule has 1 atom stereocenters. The number of methoxy groups -OCH3 is 1. The summed E-state index contributed by atoms with van der Waals surface area (Å²) < 4.78 is 4.90. The number of hydrogen-bond donors (Lipinski definition) is 2. The SMILES string of the molecule is COCCNC(=O)c1ccc(NC(=O)N2CCC[C@H](C#N)C2)c(C)c1. The number of aryl methyl sites for hydroxylation is 1. The lowest BCUT2D eigenvalue weighted by Crippen LogP contribution is -2.42. The van der Waals surface area contributed by atoms with Crippen molar-refractivity contribution in [2.24, 2.45) is 5.92 Å². The fourth-order valence-corrected chi connectivity index (χ4v) is 2.78. The molecule has 3 amide bonds. The van der Waals surface area contributed by atoms with Crippen molar-refractivity contribution in [1.82, 2.24) is 10.2 Å². The lowest BCUT2D eigenvalue weighted by Gasteiger charge is -2.29. The first-order valence-electron chi connectivity index (χ1n) is 8.38. The van der Waals surface area contributed by atoms with E-state index in [1.54, 1.807) is 30.2 Å². The zero-order valence-electron chi connectivity index (χ0n) is 14.7. The molecule has 2 rings (SSSR count). The van der Waals surface area contributed by atoms with Crippen molar-refractivity contribution in [1.29, 1.82) is 5.26 Å². The first-order chi connectivity index (χ1) is 12.0. The predicted octanol–water partition coefficient (Wildman–Crippen LogP) is 2.14. The molecular weight excluding hydrogens is 320 g/mol. The molecule has 0 saturated carbocycles. The lowest BCUT2D eigenvalue weighted by atomic mass is 10.0. The monoisotopic (exact) mass is 344 g/mol. The van der Waals surface area contributed by atoms with Crippen molar-refractivity contribution >= 4 is 17.6 Å². The summed E-state index contributed by atoms with van der Waals surface area (Å²) in [4.78, 5) is 26.1. The van der Waals surface area contributed by atoms with Crippen molar-refractivity contribution in [3.63, 3.8) is 0 Å². The molecule has 134 valence electrons. The highest BCUT2D eigenvalue weighted by Gasteiger charge is 2.23. The highest BCUT2D eigenvalue weighted by molar-refractivity contribution is 5.96. The molecule has 1 fully saturated rings. The lowest BCUT2D eigenvalue weighted by molar-refractivity contribution is 0.0937. The topological polar surface area (TPSA) is 94.5 Å². The molecule has 0 aromatic heterocycles. The summed E-state index contributed by atoms with van der Waals surface area (Å²) in [5.41, 5.74) is 2.01. The van der Waals surface area contributed by atoms with E-state index < -0.39 is 0 Å². The van der Waals surface area contributed by atoms with Crippen LogP contribution in [0.1, 0.15) is 28.8 Å². The minimum atomic E-state index is -0.208. The van der Waals surface area contributed by atoms with Crippen LogP contribution < -0.4 is 10.6 Å². The minimum Gasteiger partial charge on any atom is -0.383 e. The first kappa shape index (κ1) is 18.7. The van der Waals surface area contributed by atoms with Gasteiger partial charge in [-0.25, -0.2) is 4.79 Å². The van der Waals surface area contributed by atoms with Crippen LogP contribution in [0.5, 0.6) is 0 Å². The molecule has 1 saturated heterocycles. The van der Waals surface area contributed by atoms with Gasteiger partial charge in [0.2, 0.25) is 0 Å². The minimum absolute atomic E-state index is 0.0984. The van der Waals surface area contributed by atoms with Gasteiger partial charge in [-0.15, -0.1) is 0 Å². The first-order valence-corrected chi connectivity index (χ1v) is 8.38. The van der Waals surface area contributed by atoms with E-state index in [0.29, 0.717) is 37.5 Å². The third-order valence-electron chi connectivity index (χ3n) is 4.21. The Labute approximate surface area is 147 Å². The highest BCUT2D eigenvalue weighted by atomic mass is 16.5. The van der Waals surface area contributed by atoms with Crippen LogP contribution in [-0.4, -0.2) is 50.2 Å². The van der Waals surface area contributed by atoms with Crippen molar-refractivity contribution in [2.75, 3.05) is 38.7 Å². The number of carbonyl (C=O) groups excluding carboxylic acids is 2. The molecule has 0 radical (unpaired) electrons. The normalized spacial score (nSPS) is 16.8. The van der Waals surface area contributed by atoms with Gasteiger partial charge in [0.05, 0.1) is 18.6 Å². The van der Waals surface area contributed by atoms with Crippen LogP contribution >= 0.6 is 0 Å². The molecule has 0 spiro atoms. The number of hydrogen-bond acceptors (Lipinski definition) is 4. The van der Waals surface area contributed by atoms with Gasteiger partial charge >= 0.3 is 6.03 Å². The average Bonchev–Trinajstić information content (AvgIpc) is 2.63. The zero-order chi connectivity index (χ0) is 18.2. The number of benzene rings is 1. The van der Waals surface area contributed by atoms with Gasteiger partial charge in [0.1, 0.15) is 0 Å². The van der Waals surface area contributed by atoms with Crippen molar-refractivity contribution in [3.8, 4) is 6.07 Å². The molecule has 0 aliphatic carbocycles. The smallest absolute Gasteiger partial charge is 0.321 e. The Morgan fingerprint density at radius 2 is 2.24 bits per heavy atom. The summed E-state index contributed by atoms with van der Waals surface area (Å²) in [6, 6.07) is 7.17. The molecule has 0 bridgehead atoms. The number of nitrogens with zero attached hydrogens (tertiary/aromatic N) is 2. The van der Waals surface area contributed by atoms with E-state index >= 15 is 0 Å². The molecule has 25 heavy (non-hydrogen) atoms. The van der Waals surface area contributed by atoms with Crippen LogP contribution in [0.15, 0.2) is 18.2 Å². The molecule has 1 aliphatic heterocycles. The summed E-state index contributed by atoms with van der Waals surface area (Å²) in [6.45, 7) is 3.86. The largest absolute Gasteiger partial charge is 0.383 e. The number of carbonyl (C=O) groups is 2. The van der Waals surface area contributed by atoms with Crippen LogP contribution in [0.25, 0.3) is 0 Å². The second kappa shape index (κ2) is 9.04. The van der Waals surface area contributed by atoms with Crippen LogP contribution in [0.2, 0.25) is 0 Å². The molecular formula is C18H24N4O3. The number of rotatable bonds is 5. The molecule has 7 heteroatoms. The van der Waals surface area contributed by atoms with E-state index in [1.165, 1.54) is 0 Å². The fraction of sp³-hybridized carbons (Fsp3) is 0.500. The molecule has 7 nitrogen and oxygen atoms in total. The summed E-state index contributed by atoms with van der Waals surface area (Å²) in [5, 5.41) is 14.7. The van der Waals surface area contributed by atoms with Gasteiger partial charge in [-0.3, -0.25) is 4.79 Å². The Bertz CT molecular complexity index is 669. The maximum Gasteiger partial charge on any atom is 0.321 e. The number of ether oxygens (including phenoxy) is 1. The van der Waals surface area contributed by atoms with E-state index in [2.05, 4.69) is 16.7 Å². The van der Waals surface area contributed by atoms with Gasteiger partial charge in [0.15, 0.2) is 0 Å². The van der Waals surface area contributed by atoms with Crippen molar-refractivity contribution in [2.45, 2.75) is 19.8 Å². The molecule has 1 heterocycles. The number of nitrogens with one attached hydrogen (secondary N) is 2. The number of nitriles is 1. The fourth-order valence-electron chi connectivity index (χ4n) is 2.78. The third kappa shape index (κ3) is 5.19. The second-order valence-electron chi connectivity index (χ2n) is 6.12. The van der Waals surface area contributed by atoms with E-state index in [-0.39, 0.29) is 17.9 Å². The maximum absolute atomic E-state index is 12.4. The van der Waals surface area contributed by atoms with E-state index in [1.807, 2.05) is 6.92 Å². The van der Waals surface area contributed by atoms with Crippen LogP contribution in [0.3, 0.4) is 0 Å². The van der Waals surface area contributed by atoms with Gasteiger partial charge in [0, 0.05) is 38.0 Å². The molecule has 1 aliphatic rings. The van der Waals surface area contributed by atoms with E-state index in [9.17, 15) is 9.59 Å². The van der Waals surface area contributed by atoms with Gasteiger partial charge in [-0.1, -0.05) is 0 Å². The van der Waals surface area contributed by atoms with Crippen LogP contribution in [0.4, 0.5) is 10.5 Å². The quantitative estimate of drug-likeness (QED) is 0.800. The highest BCUT2D eigenvalue weighted by Crippen LogP contribution is 2.20. The Kier molecular flexibility index (Phi) is 6.78. The van der Waals surface area contributed by atoms with Gasteiger partial charge in [-0.2, -0.15) is 5.26 Å². The Morgan fingerprint density at radius 1 is 1.44 bits per heavy atom. The molecule has 2 N–H and O–H groups in total. The Balaban J connectivity index is 1.97. The summed E-state index contributed by atoms with van der Waals surface area (Å²) >= 11 is 0. The number of anilines is 1. The predicted molar refractivity (Wildman–Crippen MR) is 94.3 cm³/mol.